The van der Waals surface area contributed by atoms with Gasteiger partial charge in [0.1, 0.15) is 5.02 Å². The Labute approximate surface area is 99.6 Å². The molecule has 0 unspecified atom stereocenters. The van der Waals surface area contributed by atoms with Crippen LogP contribution < -0.4 is 10.9 Å². The molecule has 88 valence electrons. The number of aromatic nitrogens is 2. The molecule has 4 nitrogen and oxygen atoms in total. The van der Waals surface area contributed by atoms with E-state index in [-0.39, 0.29) is 10.6 Å². The summed E-state index contributed by atoms with van der Waals surface area (Å²) in [6.07, 6.45) is 6.43. The minimum atomic E-state index is -0.216. The Balaban J connectivity index is 2.21. The Kier molecular flexibility index (Phi) is 3.49. The average Bonchev–Trinajstić information content (AvgIpc) is 2.78. The van der Waals surface area contributed by atoms with Crippen molar-refractivity contribution in [1.82, 2.24) is 9.78 Å². The van der Waals surface area contributed by atoms with E-state index in [1.54, 1.807) is 6.20 Å². The Bertz CT molecular complexity index is 424. The molecule has 0 radical (unpaired) electrons. The molecular weight excluding hydrogens is 226 g/mol. The number of halogens is 1. The van der Waals surface area contributed by atoms with Gasteiger partial charge in [0.25, 0.3) is 5.56 Å². The summed E-state index contributed by atoms with van der Waals surface area (Å²) < 4.78 is 1.36. The van der Waals surface area contributed by atoms with Crippen LogP contribution in [-0.4, -0.2) is 15.8 Å². The monoisotopic (exact) mass is 241 g/mol. The van der Waals surface area contributed by atoms with Gasteiger partial charge in [0.05, 0.1) is 11.9 Å². The summed E-state index contributed by atoms with van der Waals surface area (Å²) in [6.45, 7) is 2.41. The number of hydrogen-bond donors (Lipinski definition) is 1. The normalized spacial score (nSPS) is 16.6. The number of anilines is 1. The van der Waals surface area contributed by atoms with Crippen molar-refractivity contribution in [3.63, 3.8) is 0 Å². The third kappa shape index (κ3) is 2.21. The molecule has 1 aromatic heterocycles. The predicted octanol–water partition coefficient (Wildman–Crippen LogP) is 2.27. The molecule has 0 atom stereocenters. The van der Waals surface area contributed by atoms with Crippen molar-refractivity contribution in [2.24, 2.45) is 0 Å². The molecule has 1 aliphatic carbocycles. The maximum atomic E-state index is 11.7. The lowest BCUT2D eigenvalue weighted by Gasteiger charge is -2.14. The lowest BCUT2D eigenvalue weighted by Crippen LogP contribution is -2.25. The minimum absolute atomic E-state index is 0.216. The molecule has 0 aliphatic heterocycles. The first-order valence-corrected chi connectivity index (χ1v) is 6.12. The van der Waals surface area contributed by atoms with E-state index in [0.717, 1.165) is 12.8 Å². The van der Waals surface area contributed by atoms with Crippen molar-refractivity contribution in [1.29, 1.82) is 0 Å². The molecule has 1 fully saturated rings. The molecule has 1 aliphatic rings. The van der Waals surface area contributed by atoms with Crippen LogP contribution in [0.3, 0.4) is 0 Å². The van der Waals surface area contributed by atoms with Crippen molar-refractivity contribution in [3.8, 4) is 0 Å². The Morgan fingerprint density at radius 2 is 2.25 bits per heavy atom. The summed E-state index contributed by atoms with van der Waals surface area (Å²) in [5.41, 5.74) is 0.454. The van der Waals surface area contributed by atoms with Crippen LogP contribution in [0, 0.1) is 0 Å². The SMILES string of the molecule is CCn1ncc(NC2CCCC2)c(Cl)c1=O. The zero-order chi connectivity index (χ0) is 11.5. The number of rotatable bonds is 3. The molecule has 0 amide bonds. The van der Waals surface area contributed by atoms with Crippen LogP contribution in [0.2, 0.25) is 5.02 Å². The highest BCUT2D eigenvalue weighted by molar-refractivity contribution is 6.32. The topological polar surface area (TPSA) is 46.9 Å². The standard InChI is InChI=1S/C11H16ClN3O/c1-2-15-11(16)10(12)9(7-13-15)14-8-5-3-4-6-8/h7-8,14H,2-6H2,1H3. The fourth-order valence-corrected chi connectivity index (χ4v) is 2.28. The molecule has 5 heteroatoms. The van der Waals surface area contributed by atoms with Crippen molar-refractivity contribution < 1.29 is 0 Å². The van der Waals surface area contributed by atoms with Crippen LogP contribution in [0.4, 0.5) is 5.69 Å². The highest BCUT2D eigenvalue weighted by Gasteiger charge is 2.17. The molecule has 0 aromatic carbocycles. The van der Waals surface area contributed by atoms with E-state index in [1.807, 2.05) is 6.92 Å². The largest absolute Gasteiger partial charge is 0.380 e. The van der Waals surface area contributed by atoms with Crippen molar-refractivity contribution in [3.05, 3.63) is 21.6 Å². The molecule has 1 saturated carbocycles. The molecular formula is C11H16ClN3O. The lowest BCUT2D eigenvalue weighted by atomic mass is 10.2. The van der Waals surface area contributed by atoms with Gasteiger partial charge in [-0.15, -0.1) is 0 Å². The van der Waals surface area contributed by atoms with E-state index < -0.39 is 0 Å². The second-order valence-electron chi connectivity index (χ2n) is 4.12. The highest BCUT2D eigenvalue weighted by atomic mass is 35.5. The molecule has 0 spiro atoms. The maximum Gasteiger partial charge on any atom is 0.287 e. The maximum absolute atomic E-state index is 11.7. The number of nitrogens with one attached hydrogen (secondary N) is 1. The third-order valence-electron chi connectivity index (χ3n) is 3.00. The molecule has 1 N–H and O–H groups in total. The van der Waals surface area contributed by atoms with Gasteiger partial charge >= 0.3 is 0 Å². The Morgan fingerprint density at radius 3 is 2.88 bits per heavy atom. The van der Waals surface area contributed by atoms with Gasteiger partial charge in [0.15, 0.2) is 0 Å². The van der Waals surface area contributed by atoms with Crippen molar-refractivity contribution in [2.75, 3.05) is 5.32 Å². The quantitative estimate of drug-likeness (QED) is 0.883. The second kappa shape index (κ2) is 4.87. The van der Waals surface area contributed by atoms with Gasteiger partial charge in [-0.05, 0) is 19.8 Å². The molecule has 0 saturated heterocycles. The molecule has 16 heavy (non-hydrogen) atoms. The number of hydrogen-bond acceptors (Lipinski definition) is 3. The lowest BCUT2D eigenvalue weighted by molar-refractivity contribution is 0.615. The van der Waals surface area contributed by atoms with Crippen molar-refractivity contribution in [2.45, 2.75) is 45.2 Å². The van der Waals surface area contributed by atoms with E-state index in [4.69, 9.17) is 11.6 Å². The van der Waals surface area contributed by atoms with E-state index in [0.29, 0.717) is 18.3 Å². The van der Waals surface area contributed by atoms with Crippen LogP contribution in [0.25, 0.3) is 0 Å². The highest BCUT2D eigenvalue weighted by Crippen LogP contribution is 2.24. The first-order valence-electron chi connectivity index (χ1n) is 5.74. The van der Waals surface area contributed by atoms with Gasteiger partial charge in [0, 0.05) is 12.6 Å². The van der Waals surface area contributed by atoms with Gasteiger partial charge in [-0.3, -0.25) is 4.79 Å². The summed E-state index contributed by atoms with van der Waals surface area (Å²) in [7, 11) is 0. The Hall–Kier alpha value is -1.03. The summed E-state index contributed by atoms with van der Waals surface area (Å²) in [4.78, 5) is 11.7. The molecule has 2 rings (SSSR count). The number of nitrogens with zero attached hydrogens (tertiary/aromatic N) is 2. The first-order chi connectivity index (χ1) is 7.72. The zero-order valence-electron chi connectivity index (χ0n) is 9.37. The van der Waals surface area contributed by atoms with E-state index in [9.17, 15) is 4.79 Å². The van der Waals surface area contributed by atoms with Crippen LogP contribution in [0.15, 0.2) is 11.0 Å². The van der Waals surface area contributed by atoms with Gasteiger partial charge in [-0.1, -0.05) is 24.4 Å². The van der Waals surface area contributed by atoms with Gasteiger partial charge in [-0.25, -0.2) is 4.68 Å². The first kappa shape index (κ1) is 11.5. The molecule has 1 heterocycles. The fraction of sp³-hybridized carbons (Fsp3) is 0.636. The van der Waals surface area contributed by atoms with Gasteiger partial charge in [-0.2, -0.15) is 5.10 Å². The van der Waals surface area contributed by atoms with Crippen molar-refractivity contribution >= 4 is 17.3 Å². The fourth-order valence-electron chi connectivity index (χ4n) is 2.08. The van der Waals surface area contributed by atoms with E-state index in [1.165, 1.54) is 17.5 Å². The van der Waals surface area contributed by atoms with Gasteiger partial charge < -0.3 is 5.32 Å². The summed E-state index contributed by atoms with van der Waals surface area (Å²) in [5, 5.41) is 7.60. The molecule has 0 bridgehead atoms. The van der Waals surface area contributed by atoms with Crippen LogP contribution >= 0.6 is 11.6 Å². The number of aryl methyl sites for hydroxylation is 1. The second-order valence-corrected chi connectivity index (χ2v) is 4.50. The Morgan fingerprint density at radius 1 is 1.56 bits per heavy atom. The van der Waals surface area contributed by atoms with E-state index >= 15 is 0 Å². The third-order valence-corrected chi connectivity index (χ3v) is 3.36. The smallest absolute Gasteiger partial charge is 0.287 e. The summed E-state index contributed by atoms with van der Waals surface area (Å²) in [5.74, 6) is 0. The summed E-state index contributed by atoms with van der Waals surface area (Å²) in [6, 6.07) is 0.441. The van der Waals surface area contributed by atoms with Crippen LogP contribution in [0.5, 0.6) is 0 Å². The van der Waals surface area contributed by atoms with E-state index in [2.05, 4.69) is 10.4 Å². The van der Waals surface area contributed by atoms with Crippen LogP contribution in [0.1, 0.15) is 32.6 Å². The minimum Gasteiger partial charge on any atom is -0.380 e. The zero-order valence-corrected chi connectivity index (χ0v) is 10.1. The molecule has 1 aromatic rings. The predicted molar refractivity (Wildman–Crippen MR) is 65.1 cm³/mol. The van der Waals surface area contributed by atoms with Crippen LogP contribution in [-0.2, 0) is 6.54 Å². The summed E-state index contributed by atoms with van der Waals surface area (Å²) >= 11 is 6.02. The average molecular weight is 242 g/mol. The van der Waals surface area contributed by atoms with Gasteiger partial charge in [0.2, 0.25) is 0 Å².